The van der Waals surface area contributed by atoms with E-state index < -0.39 is 22.9 Å². The van der Waals surface area contributed by atoms with Gasteiger partial charge in [0.15, 0.2) is 0 Å². The van der Waals surface area contributed by atoms with Crippen molar-refractivity contribution < 1.29 is 47.7 Å². The van der Waals surface area contributed by atoms with Crippen molar-refractivity contribution in [1.29, 1.82) is 0 Å². The van der Waals surface area contributed by atoms with Crippen LogP contribution >= 0.6 is 0 Å². The van der Waals surface area contributed by atoms with Crippen LogP contribution in [0.5, 0.6) is 0 Å². The van der Waals surface area contributed by atoms with Gasteiger partial charge in [-0.3, -0.25) is 0 Å². The zero-order valence-electron chi connectivity index (χ0n) is 21.5. The predicted molar refractivity (Wildman–Crippen MR) is 149 cm³/mol. The van der Waals surface area contributed by atoms with E-state index in [0.717, 1.165) is 0 Å². The molecule has 0 saturated carbocycles. The molecule has 8 rings (SSSR count). The Kier molecular flexibility index (Phi) is 7.35. The SMILES string of the molecule is C1=[C]([Hf+2][CH]2C(n3c4c(c5ccccc53)CCCC4)=Cc3ccccc32)C(n2cccc2)c2ccccc21.[Cl-].[Cl-]. The van der Waals surface area contributed by atoms with E-state index >= 15 is 0 Å². The molecule has 2 unspecified atom stereocenters. The third-order valence-electron chi connectivity index (χ3n) is 8.48. The second kappa shape index (κ2) is 10.8. The molecular formula is C34H28Cl2HfN2. The van der Waals surface area contributed by atoms with E-state index in [0.29, 0.717) is 9.72 Å². The molecule has 2 heterocycles. The molecule has 2 atom stereocenters. The van der Waals surface area contributed by atoms with Gasteiger partial charge in [0.1, 0.15) is 0 Å². The Morgan fingerprint density at radius 3 is 2.15 bits per heavy atom. The molecule has 0 fully saturated rings. The fourth-order valence-corrected chi connectivity index (χ4v) is 13.4. The summed E-state index contributed by atoms with van der Waals surface area (Å²) < 4.78 is 7.35. The number of rotatable bonds is 4. The average Bonchev–Trinajstić information content (AvgIpc) is 3.72. The maximum Gasteiger partial charge on any atom is -1.00 e. The first kappa shape index (κ1) is 26.6. The van der Waals surface area contributed by atoms with Crippen molar-refractivity contribution in [3.05, 3.63) is 134 Å². The summed E-state index contributed by atoms with van der Waals surface area (Å²) in [5, 5.41) is 1.47. The monoisotopic (exact) mass is 714 g/mol. The van der Waals surface area contributed by atoms with Crippen LogP contribution in [-0.2, 0) is 35.7 Å². The summed E-state index contributed by atoms with van der Waals surface area (Å²) in [6.07, 6.45) is 14.6. The van der Waals surface area contributed by atoms with Crippen molar-refractivity contribution in [1.82, 2.24) is 9.13 Å². The van der Waals surface area contributed by atoms with E-state index in [1.165, 1.54) is 59.0 Å². The van der Waals surface area contributed by atoms with Crippen molar-refractivity contribution in [3.63, 3.8) is 0 Å². The van der Waals surface area contributed by atoms with Crippen LogP contribution in [0.3, 0.4) is 0 Å². The number of aryl methyl sites for hydroxylation is 1. The van der Waals surface area contributed by atoms with E-state index in [-0.39, 0.29) is 24.8 Å². The van der Waals surface area contributed by atoms with E-state index in [1.54, 1.807) is 20.2 Å². The fraction of sp³-hybridized carbons (Fsp3) is 0.176. The fourth-order valence-electron chi connectivity index (χ4n) is 6.88. The molecule has 0 bridgehead atoms. The molecule has 2 nitrogen and oxygen atoms in total. The number of fused-ring (bicyclic) bond motifs is 5. The van der Waals surface area contributed by atoms with Crippen molar-refractivity contribution in [2.45, 2.75) is 35.4 Å². The van der Waals surface area contributed by atoms with Gasteiger partial charge in [-0.15, -0.1) is 0 Å². The van der Waals surface area contributed by atoms with Gasteiger partial charge in [0.25, 0.3) is 0 Å². The largest absolute Gasteiger partial charge is 1.00 e. The Hall–Kier alpha value is -2.59. The number of hydrogen-bond donors (Lipinski definition) is 0. The first-order valence-electron chi connectivity index (χ1n) is 13.5. The van der Waals surface area contributed by atoms with Gasteiger partial charge in [-0.2, -0.15) is 0 Å². The number of hydrogen-bond acceptors (Lipinski definition) is 0. The zero-order valence-corrected chi connectivity index (χ0v) is 26.6. The van der Waals surface area contributed by atoms with Gasteiger partial charge in [0.05, 0.1) is 0 Å². The molecule has 5 aromatic rings. The van der Waals surface area contributed by atoms with Gasteiger partial charge in [-0.1, -0.05) is 0 Å². The summed E-state index contributed by atoms with van der Waals surface area (Å²) in [7, 11) is 0. The van der Waals surface area contributed by atoms with Gasteiger partial charge >= 0.3 is 230 Å². The molecule has 3 aromatic carbocycles. The van der Waals surface area contributed by atoms with E-state index in [9.17, 15) is 0 Å². The first-order valence-corrected chi connectivity index (χ1v) is 17.4. The topological polar surface area (TPSA) is 9.86 Å². The number of para-hydroxylation sites is 1. The summed E-state index contributed by atoms with van der Waals surface area (Å²) >= 11 is -1.37. The van der Waals surface area contributed by atoms with Crippen LogP contribution in [0, 0.1) is 0 Å². The minimum absolute atomic E-state index is 0. The minimum atomic E-state index is -1.37. The minimum Gasteiger partial charge on any atom is -1.00 e. The van der Waals surface area contributed by atoms with Crippen LogP contribution < -0.4 is 24.8 Å². The van der Waals surface area contributed by atoms with Crippen LogP contribution in [0.25, 0.3) is 28.8 Å². The molecule has 2 aromatic heterocycles. The van der Waals surface area contributed by atoms with Gasteiger partial charge in [-0.05, 0) is 0 Å². The Balaban J connectivity index is 0.00000138. The van der Waals surface area contributed by atoms with E-state index in [1.807, 2.05) is 0 Å². The van der Waals surface area contributed by atoms with Crippen LogP contribution in [0.15, 0.2) is 101 Å². The molecule has 192 valence electrons. The Morgan fingerprint density at radius 2 is 1.33 bits per heavy atom. The standard InChI is InChI=1S/C21H18N.C13H10N.2ClH.Hf/c1-2-8-16-14-17(13-15(16)7-1)22-20-11-5-3-9-18(20)19-10-4-6-12-21(19)22;1-2-6-12-11(5-1)7-8-13(12)14-9-3-4-10-14;;;/h1-3,5,7-9,11,13-14H,4,6,10,12H2;1-7,9-10,13H;2*1H;/q;;;;+2/p-2. The third kappa shape index (κ3) is 4.25. The van der Waals surface area contributed by atoms with Crippen molar-refractivity contribution in [3.8, 4) is 0 Å². The molecule has 5 heteroatoms. The Bertz CT molecular complexity index is 1730. The van der Waals surface area contributed by atoms with Crippen molar-refractivity contribution in [2.75, 3.05) is 0 Å². The smallest absolute Gasteiger partial charge is 1.00 e. The van der Waals surface area contributed by atoms with Crippen molar-refractivity contribution >= 4 is 28.8 Å². The average molecular weight is 714 g/mol. The molecule has 3 aliphatic carbocycles. The van der Waals surface area contributed by atoms with Crippen LogP contribution in [-0.4, -0.2) is 9.13 Å². The number of nitrogens with zero attached hydrogens (tertiary/aromatic N) is 2. The van der Waals surface area contributed by atoms with Gasteiger partial charge in [0.2, 0.25) is 0 Å². The molecule has 39 heavy (non-hydrogen) atoms. The second-order valence-electron chi connectivity index (χ2n) is 10.5. The summed E-state index contributed by atoms with van der Waals surface area (Å²) in [6, 6.07) is 32.1. The number of benzene rings is 3. The maximum absolute atomic E-state index is 2.70. The summed E-state index contributed by atoms with van der Waals surface area (Å²) in [4.78, 5) is 0. The van der Waals surface area contributed by atoms with Crippen LogP contribution in [0.1, 0.15) is 56.1 Å². The Labute approximate surface area is 253 Å². The normalized spacial score (nSPS) is 18.7. The molecule has 0 radical (unpaired) electrons. The van der Waals surface area contributed by atoms with Crippen molar-refractivity contribution in [2.24, 2.45) is 0 Å². The van der Waals surface area contributed by atoms with Crippen LogP contribution in [0.4, 0.5) is 0 Å². The summed E-state index contributed by atoms with van der Waals surface area (Å²) in [5.41, 5.74) is 12.0. The number of aromatic nitrogens is 2. The molecule has 3 aliphatic rings. The number of allylic oxidation sites excluding steroid dienone is 2. The van der Waals surface area contributed by atoms with Gasteiger partial charge in [0, 0.05) is 0 Å². The predicted octanol–water partition coefficient (Wildman–Crippen LogP) is 2.11. The molecule has 0 aliphatic heterocycles. The maximum atomic E-state index is 2.70. The molecule has 0 spiro atoms. The number of halogens is 2. The third-order valence-corrected chi connectivity index (χ3v) is 14.4. The molecule has 0 amide bonds. The Morgan fingerprint density at radius 1 is 0.667 bits per heavy atom. The summed E-state index contributed by atoms with van der Waals surface area (Å²) in [6.45, 7) is 0. The zero-order chi connectivity index (χ0) is 24.3. The van der Waals surface area contributed by atoms with Gasteiger partial charge in [-0.25, -0.2) is 0 Å². The first-order chi connectivity index (χ1) is 18.4. The quantitative estimate of drug-likeness (QED) is 0.253. The van der Waals surface area contributed by atoms with E-state index in [4.69, 9.17) is 0 Å². The molecule has 0 saturated heterocycles. The van der Waals surface area contributed by atoms with Gasteiger partial charge < -0.3 is 24.8 Å². The van der Waals surface area contributed by atoms with E-state index in [2.05, 4.69) is 119 Å². The summed E-state index contributed by atoms with van der Waals surface area (Å²) in [5.74, 6) is 0. The second-order valence-corrected chi connectivity index (χ2v) is 15.7. The molecule has 0 N–H and O–H groups in total. The van der Waals surface area contributed by atoms with Crippen LogP contribution in [0.2, 0.25) is 0 Å². The molecular weight excluding hydrogens is 686 g/mol.